The zero-order valence-corrected chi connectivity index (χ0v) is 13.5. The number of H-pyrrole nitrogens is 1. The maximum Gasteiger partial charge on any atom is 0.180 e. The fourth-order valence-electron chi connectivity index (χ4n) is 1.92. The van der Waals surface area contributed by atoms with Crippen LogP contribution in [0.15, 0.2) is 6.20 Å². The van der Waals surface area contributed by atoms with E-state index in [1.54, 1.807) is 18.0 Å². The van der Waals surface area contributed by atoms with Crippen molar-refractivity contribution in [1.29, 1.82) is 0 Å². The van der Waals surface area contributed by atoms with E-state index in [0.29, 0.717) is 49.5 Å². The molecule has 1 N–H and O–H groups in total. The number of ether oxygens (including phenoxy) is 3. The molecule has 8 heteroatoms. The Kier molecular flexibility index (Phi) is 5.91. The van der Waals surface area contributed by atoms with Crippen LogP contribution in [0.3, 0.4) is 0 Å². The molecule has 0 atom stereocenters. The van der Waals surface area contributed by atoms with E-state index >= 15 is 0 Å². The van der Waals surface area contributed by atoms with E-state index in [2.05, 4.69) is 20.3 Å². The maximum atomic E-state index is 5.57. The zero-order valence-electron chi connectivity index (χ0n) is 13.5. The van der Waals surface area contributed by atoms with Crippen molar-refractivity contribution in [3.8, 4) is 17.3 Å². The number of hydrogen-bond acceptors (Lipinski definition) is 6. The summed E-state index contributed by atoms with van der Waals surface area (Å²) in [6, 6.07) is 0. The zero-order chi connectivity index (χ0) is 15.9. The van der Waals surface area contributed by atoms with Crippen LogP contribution >= 0.6 is 0 Å². The van der Waals surface area contributed by atoms with Gasteiger partial charge in [0, 0.05) is 6.61 Å². The van der Waals surface area contributed by atoms with Gasteiger partial charge in [-0.25, -0.2) is 9.67 Å². The van der Waals surface area contributed by atoms with Gasteiger partial charge < -0.3 is 14.2 Å². The molecule has 122 valence electrons. The highest BCUT2D eigenvalue weighted by Crippen LogP contribution is 2.25. The second-order valence-electron chi connectivity index (χ2n) is 4.94. The van der Waals surface area contributed by atoms with E-state index in [1.165, 1.54) is 0 Å². The maximum absolute atomic E-state index is 5.57. The molecule has 0 aromatic carbocycles. The van der Waals surface area contributed by atoms with Crippen molar-refractivity contribution in [2.24, 2.45) is 0 Å². The summed E-state index contributed by atoms with van der Waals surface area (Å²) in [5.41, 5.74) is 0.697. The Morgan fingerprint density at radius 3 is 2.86 bits per heavy atom. The first kappa shape index (κ1) is 16.4. The predicted molar refractivity (Wildman–Crippen MR) is 80.6 cm³/mol. The van der Waals surface area contributed by atoms with Gasteiger partial charge in [0.1, 0.15) is 12.3 Å². The Labute approximate surface area is 129 Å². The third kappa shape index (κ3) is 4.05. The van der Waals surface area contributed by atoms with Crippen molar-refractivity contribution < 1.29 is 14.2 Å². The first-order valence-corrected chi connectivity index (χ1v) is 7.36. The fraction of sp³-hybridized carbons (Fsp3) is 0.643. The van der Waals surface area contributed by atoms with E-state index < -0.39 is 0 Å². The van der Waals surface area contributed by atoms with Crippen molar-refractivity contribution in [2.45, 2.75) is 40.0 Å². The minimum absolute atomic E-state index is 0.125. The predicted octanol–water partition coefficient (Wildman–Crippen LogP) is 1.64. The molecule has 0 bridgehead atoms. The van der Waals surface area contributed by atoms with Crippen LogP contribution in [-0.4, -0.2) is 51.4 Å². The molecule has 0 spiro atoms. The van der Waals surface area contributed by atoms with Crippen molar-refractivity contribution in [3.63, 3.8) is 0 Å². The van der Waals surface area contributed by atoms with Gasteiger partial charge in [0.25, 0.3) is 0 Å². The molecule has 0 saturated carbocycles. The minimum atomic E-state index is 0.125. The van der Waals surface area contributed by atoms with Crippen LogP contribution in [0.1, 0.15) is 26.6 Å². The molecule has 0 fully saturated rings. The standard InChI is InChI=1S/C14H23N5O3/c1-5-21-7-6-19-14(13-11(20-4)8-15-17-13)16-12(18-19)9-22-10(2)3/h8,10H,5-7,9H2,1-4H3,(H,15,17). The highest BCUT2D eigenvalue weighted by Gasteiger charge is 2.18. The van der Waals surface area contributed by atoms with Crippen LogP contribution in [0, 0.1) is 0 Å². The number of methoxy groups -OCH3 is 1. The number of hydrogen-bond donors (Lipinski definition) is 1. The normalized spacial score (nSPS) is 11.3. The molecular weight excluding hydrogens is 286 g/mol. The van der Waals surface area contributed by atoms with E-state index in [9.17, 15) is 0 Å². The van der Waals surface area contributed by atoms with Gasteiger partial charge in [0.05, 0.1) is 32.6 Å². The molecular formula is C14H23N5O3. The lowest BCUT2D eigenvalue weighted by Crippen LogP contribution is -2.10. The van der Waals surface area contributed by atoms with E-state index in [1.807, 2.05) is 20.8 Å². The number of nitrogens with zero attached hydrogens (tertiary/aromatic N) is 4. The van der Waals surface area contributed by atoms with Crippen LogP contribution in [0.2, 0.25) is 0 Å². The lowest BCUT2D eigenvalue weighted by Gasteiger charge is -2.05. The first-order chi connectivity index (χ1) is 10.7. The Balaban J connectivity index is 2.24. The van der Waals surface area contributed by atoms with Crippen molar-refractivity contribution in [3.05, 3.63) is 12.0 Å². The summed E-state index contributed by atoms with van der Waals surface area (Å²) in [5.74, 6) is 1.91. The van der Waals surface area contributed by atoms with Gasteiger partial charge in [-0.3, -0.25) is 5.10 Å². The molecule has 2 aromatic heterocycles. The van der Waals surface area contributed by atoms with Gasteiger partial charge in [-0.15, -0.1) is 0 Å². The van der Waals surface area contributed by atoms with E-state index in [-0.39, 0.29) is 6.10 Å². The van der Waals surface area contributed by atoms with Crippen LogP contribution in [0.5, 0.6) is 5.75 Å². The van der Waals surface area contributed by atoms with Crippen LogP contribution in [0.4, 0.5) is 0 Å². The van der Waals surface area contributed by atoms with Gasteiger partial charge in [-0.1, -0.05) is 0 Å². The third-order valence-corrected chi connectivity index (χ3v) is 2.96. The van der Waals surface area contributed by atoms with Crippen molar-refractivity contribution >= 4 is 0 Å². The highest BCUT2D eigenvalue weighted by molar-refractivity contribution is 5.58. The van der Waals surface area contributed by atoms with Crippen molar-refractivity contribution in [2.75, 3.05) is 20.3 Å². The van der Waals surface area contributed by atoms with Crippen LogP contribution in [-0.2, 0) is 22.6 Å². The van der Waals surface area contributed by atoms with Gasteiger partial charge in [-0.2, -0.15) is 10.2 Å². The summed E-state index contributed by atoms with van der Waals surface area (Å²) in [6.07, 6.45) is 1.74. The Bertz CT molecular complexity index is 579. The summed E-state index contributed by atoms with van der Waals surface area (Å²) >= 11 is 0. The smallest absolute Gasteiger partial charge is 0.180 e. The van der Waals surface area contributed by atoms with E-state index in [4.69, 9.17) is 14.2 Å². The molecule has 8 nitrogen and oxygen atoms in total. The average Bonchev–Trinajstić information content (AvgIpc) is 3.11. The van der Waals surface area contributed by atoms with Gasteiger partial charge >= 0.3 is 0 Å². The lowest BCUT2D eigenvalue weighted by molar-refractivity contribution is 0.0610. The molecule has 0 aliphatic carbocycles. The molecule has 2 rings (SSSR count). The second-order valence-corrected chi connectivity index (χ2v) is 4.94. The molecule has 0 saturated heterocycles. The summed E-state index contributed by atoms with van der Waals surface area (Å²) in [5, 5.41) is 11.4. The number of nitrogens with one attached hydrogen (secondary N) is 1. The second kappa shape index (κ2) is 7.90. The summed E-state index contributed by atoms with van der Waals surface area (Å²) in [4.78, 5) is 4.53. The highest BCUT2D eigenvalue weighted by atomic mass is 16.5. The molecule has 0 amide bonds. The first-order valence-electron chi connectivity index (χ1n) is 7.36. The van der Waals surface area contributed by atoms with Crippen molar-refractivity contribution in [1.82, 2.24) is 25.0 Å². The van der Waals surface area contributed by atoms with Crippen LogP contribution in [0.25, 0.3) is 11.5 Å². The molecule has 22 heavy (non-hydrogen) atoms. The monoisotopic (exact) mass is 309 g/mol. The molecule has 0 aliphatic rings. The Morgan fingerprint density at radius 2 is 2.18 bits per heavy atom. The minimum Gasteiger partial charge on any atom is -0.493 e. The number of aromatic nitrogens is 5. The molecule has 2 heterocycles. The molecule has 0 aliphatic heterocycles. The summed E-state index contributed by atoms with van der Waals surface area (Å²) in [6.45, 7) is 8.11. The topological polar surface area (TPSA) is 87.1 Å². The summed E-state index contributed by atoms with van der Waals surface area (Å²) < 4.78 is 18.0. The van der Waals surface area contributed by atoms with Crippen LogP contribution < -0.4 is 4.74 Å². The summed E-state index contributed by atoms with van der Waals surface area (Å²) in [7, 11) is 1.60. The van der Waals surface area contributed by atoms with Gasteiger partial charge in [-0.05, 0) is 20.8 Å². The quantitative estimate of drug-likeness (QED) is 0.709. The molecule has 0 radical (unpaired) electrons. The largest absolute Gasteiger partial charge is 0.493 e. The molecule has 0 unspecified atom stereocenters. The third-order valence-electron chi connectivity index (χ3n) is 2.96. The molecule has 2 aromatic rings. The Morgan fingerprint density at radius 1 is 1.36 bits per heavy atom. The van der Waals surface area contributed by atoms with Gasteiger partial charge in [0.2, 0.25) is 0 Å². The number of rotatable bonds is 9. The van der Waals surface area contributed by atoms with Gasteiger partial charge in [0.15, 0.2) is 17.4 Å². The van der Waals surface area contributed by atoms with E-state index in [0.717, 1.165) is 0 Å². The Hall–Kier alpha value is -1.93. The SMILES string of the molecule is CCOCCn1nc(COC(C)C)nc1-c1[nH]ncc1OC. The average molecular weight is 309 g/mol. The lowest BCUT2D eigenvalue weighted by atomic mass is 10.4. The number of aromatic amines is 1. The fourth-order valence-corrected chi connectivity index (χ4v) is 1.92.